The zero-order valence-electron chi connectivity index (χ0n) is 15.0. The zero-order chi connectivity index (χ0) is 15.7. The van der Waals surface area contributed by atoms with Crippen LogP contribution in [0.15, 0.2) is 18.2 Å². The van der Waals surface area contributed by atoms with Crippen LogP contribution in [-0.2, 0) is 0 Å². The molecule has 0 amide bonds. The molecule has 0 unspecified atom stereocenters. The fraction of sp³-hybridized carbons (Fsp3) is 0.684. The average Bonchev–Trinajstić information content (AvgIpc) is 2.29. The van der Waals surface area contributed by atoms with Crippen molar-refractivity contribution >= 4 is 17.7 Å². The Kier molecular flexibility index (Phi) is 5.95. The molecule has 0 spiro atoms. The summed E-state index contributed by atoms with van der Waals surface area (Å²) in [5.41, 5.74) is 3.01. The van der Waals surface area contributed by atoms with E-state index in [1.807, 2.05) is 0 Å². The fourth-order valence-corrected chi connectivity index (χ4v) is 18.8. The molecule has 1 aromatic rings. The number of benzene rings is 1. The normalized spacial score (nSPS) is 13.1. The van der Waals surface area contributed by atoms with Gasteiger partial charge in [0.2, 0.25) is 0 Å². The number of hydrogen-bond acceptors (Lipinski definition) is 0. The molecule has 0 saturated heterocycles. The first-order valence-electron chi connectivity index (χ1n) is 8.26. The van der Waals surface area contributed by atoms with Crippen LogP contribution in [0.4, 0.5) is 0 Å². The average molecular weight is 335 g/mol. The minimum atomic E-state index is -2.12. The van der Waals surface area contributed by atoms with Gasteiger partial charge in [0.15, 0.2) is 0 Å². The topological polar surface area (TPSA) is 0 Å². The van der Waals surface area contributed by atoms with Crippen molar-refractivity contribution < 1.29 is 0 Å². The summed E-state index contributed by atoms with van der Waals surface area (Å²) in [5, 5.41) is 0. The van der Waals surface area contributed by atoms with E-state index in [1.54, 1.807) is 9.96 Å². The maximum absolute atomic E-state index is 2.57. The summed E-state index contributed by atoms with van der Waals surface area (Å²) in [6.07, 6.45) is 0. The van der Waals surface area contributed by atoms with Gasteiger partial charge in [-0.2, -0.15) is 0 Å². The Morgan fingerprint density at radius 3 is 1.55 bits per heavy atom. The molecule has 1 aromatic carbocycles. The molecule has 0 N–H and O–H groups in total. The number of hydrogen-bond donors (Lipinski definition) is 0. The molecule has 0 aliphatic carbocycles. The number of aryl methyl sites for hydroxylation is 1. The Hall–Kier alpha value is -0.237. The van der Waals surface area contributed by atoms with Gasteiger partial charge in [-0.15, -0.1) is 0 Å². The molecule has 0 atom stereocenters. The van der Waals surface area contributed by atoms with Gasteiger partial charge in [-0.3, -0.25) is 0 Å². The second kappa shape index (κ2) is 6.68. The third-order valence-electron chi connectivity index (χ3n) is 5.27. The second-order valence-corrected chi connectivity index (χ2v) is 20.0. The molecule has 0 fully saturated rings. The molecule has 0 saturated carbocycles. The summed E-state index contributed by atoms with van der Waals surface area (Å²) < 4.78 is 4.22. The Labute approximate surface area is 129 Å². The summed E-state index contributed by atoms with van der Waals surface area (Å²) in [5.74, 6) is 0.626. The van der Waals surface area contributed by atoms with Crippen molar-refractivity contribution in [3.8, 4) is 0 Å². The van der Waals surface area contributed by atoms with Gasteiger partial charge in [0.05, 0.1) is 0 Å². The first-order valence-corrected chi connectivity index (χ1v) is 12.9. The minimum absolute atomic E-state index is 0.626. The monoisotopic (exact) mass is 336 g/mol. The second-order valence-electron chi connectivity index (χ2n) is 7.62. The maximum atomic E-state index is 2.57. The van der Waals surface area contributed by atoms with Crippen LogP contribution in [0, 0.1) is 6.92 Å². The third kappa shape index (κ3) is 3.00. The van der Waals surface area contributed by atoms with Gasteiger partial charge in [0.25, 0.3) is 0 Å². The Bertz CT molecular complexity index is 419. The zero-order valence-corrected chi connectivity index (χ0v) is 17.1. The van der Waals surface area contributed by atoms with E-state index in [2.05, 4.69) is 80.5 Å². The van der Waals surface area contributed by atoms with Gasteiger partial charge in [0.1, 0.15) is 0 Å². The Balaban J connectivity index is 3.54. The summed E-state index contributed by atoms with van der Waals surface area (Å²) in [4.78, 5) is 0. The van der Waals surface area contributed by atoms with Crippen molar-refractivity contribution in [2.75, 3.05) is 0 Å². The van der Waals surface area contributed by atoms with Crippen molar-refractivity contribution in [3.63, 3.8) is 0 Å². The van der Waals surface area contributed by atoms with Crippen molar-refractivity contribution in [1.29, 1.82) is 0 Å². The summed E-state index contributed by atoms with van der Waals surface area (Å²) >= 11 is -2.12. The van der Waals surface area contributed by atoms with Gasteiger partial charge in [0, 0.05) is 0 Å². The molecule has 114 valence electrons. The van der Waals surface area contributed by atoms with E-state index in [0.717, 1.165) is 14.3 Å². The van der Waals surface area contributed by atoms with Gasteiger partial charge < -0.3 is 0 Å². The van der Waals surface area contributed by atoms with Crippen LogP contribution in [0.5, 0.6) is 0 Å². The van der Waals surface area contributed by atoms with Crippen LogP contribution < -0.4 is 4.40 Å². The van der Waals surface area contributed by atoms with Crippen LogP contribution in [0.25, 0.3) is 0 Å². The molecular weight excluding hydrogens is 301 g/mol. The third-order valence-corrected chi connectivity index (χ3v) is 20.0. The van der Waals surface area contributed by atoms with Crippen LogP contribution in [-0.4, -0.2) is 13.3 Å². The summed E-state index contributed by atoms with van der Waals surface area (Å²) in [6.45, 7) is 21.7. The fourth-order valence-electron chi connectivity index (χ4n) is 4.53. The molecular formula is C19H34Ge. The molecule has 0 aromatic heterocycles. The molecule has 0 aliphatic rings. The Morgan fingerprint density at radius 2 is 1.20 bits per heavy atom. The van der Waals surface area contributed by atoms with Crippen LogP contribution in [0.1, 0.15) is 72.4 Å². The van der Waals surface area contributed by atoms with Crippen molar-refractivity contribution in [1.82, 2.24) is 0 Å². The predicted molar refractivity (Wildman–Crippen MR) is 96.0 cm³/mol. The first-order chi connectivity index (χ1) is 9.15. The Morgan fingerprint density at radius 1 is 0.750 bits per heavy atom. The van der Waals surface area contributed by atoms with Crippen LogP contribution in [0.2, 0.25) is 14.3 Å². The first kappa shape index (κ1) is 17.8. The predicted octanol–water partition coefficient (Wildman–Crippen LogP) is 6.00. The standard InChI is InChI=1S/C19H34Ge/c1-13(2)19-12-18(11-10-17(19)9)20(14(3)4,15(5)6)16(7)8/h10-16H,1-9H3. The molecule has 20 heavy (non-hydrogen) atoms. The number of rotatable bonds is 5. The van der Waals surface area contributed by atoms with Gasteiger partial charge in [-0.1, -0.05) is 0 Å². The van der Waals surface area contributed by atoms with E-state index in [0.29, 0.717) is 5.92 Å². The molecule has 1 rings (SSSR count). The van der Waals surface area contributed by atoms with E-state index in [9.17, 15) is 0 Å². The van der Waals surface area contributed by atoms with Crippen molar-refractivity contribution in [2.24, 2.45) is 0 Å². The van der Waals surface area contributed by atoms with Crippen molar-refractivity contribution in [2.45, 2.75) is 82.5 Å². The summed E-state index contributed by atoms with van der Waals surface area (Å²) in [6, 6.07) is 7.40. The summed E-state index contributed by atoms with van der Waals surface area (Å²) in [7, 11) is 0. The van der Waals surface area contributed by atoms with E-state index in [1.165, 1.54) is 5.56 Å². The van der Waals surface area contributed by atoms with Gasteiger partial charge in [-0.05, 0) is 0 Å². The molecule has 0 nitrogen and oxygen atoms in total. The molecule has 1 heteroatoms. The SMILES string of the molecule is Cc1cc[c]([Ge]([CH](C)C)([CH](C)C)[CH](C)C)cc1C(C)C. The molecule has 0 heterocycles. The molecule has 0 bridgehead atoms. The van der Waals surface area contributed by atoms with Crippen molar-refractivity contribution in [3.05, 3.63) is 29.3 Å². The van der Waals surface area contributed by atoms with Crippen LogP contribution in [0.3, 0.4) is 0 Å². The quantitative estimate of drug-likeness (QED) is 0.579. The van der Waals surface area contributed by atoms with E-state index in [-0.39, 0.29) is 0 Å². The molecule has 0 aliphatic heterocycles. The molecule has 0 radical (unpaired) electrons. The van der Waals surface area contributed by atoms with E-state index in [4.69, 9.17) is 0 Å². The van der Waals surface area contributed by atoms with E-state index < -0.39 is 13.3 Å². The van der Waals surface area contributed by atoms with Gasteiger partial charge in [-0.25, -0.2) is 0 Å². The van der Waals surface area contributed by atoms with Gasteiger partial charge >= 0.3 is 129 Å². The van der Waals surface area contributed by atoms with E-state index >= 15 is 0 Å². The van der Waals surface area contributed by atoms with Crippen LogP contribution >= 0.6 is 0 Å².